The number of allylic oxidation sites excluding steroid dienone is 6. The standard InChI is InChI=1S/C25H20N2O4S2/c28-24(29)16-26-18-10-6-8-12-20(18)32-22(26)14-4-2-1-3-5-15-23-27(17-25(30)31)19-11-7-9-13-21(19)33-23/h1-15H,16-17H2,(H-,28,29,30,31)/p+1. The van der Waals surface area contributed by atoms with E-state index in [1.54, 1.807) is 32.6 Å². The van der Waals surface area contributed by atoms with Gasteiger partial charge in [0.1, 0.15) is 11.2 Å². The minimum absolute atomic E-state index is 0.0895. The van der Waals surface area contributed by atoms with Gasteiger partial charge >= 0.3 is 11.9 Å². The van der Waals surface area contributed by atoms with E-state index in [0.29, 0.717) is 0 Å². The number of thiazole rings is 1. The van der Waals surface area contributed by atoms with Crippen molar-refractivity contribution in [1.82, 2.24) is 0 Å². The second-order valence-corrected chi connectivity index (χ2v) is 9.20. The van der Waals surface area contributed by atoms with E-state index in [2.05, 4.69) is 0 Å². The van der Waals surface area contributed by atoms with Gasteiger partial charge in [-0.3, -0.25) is 4.79 Å². The first-order valence-corrected chi connectivity index (χ1v) is 11.8. The number of carbonyl (C=O) groups is 2. The van der Waals surface area contributed by atoms with E-state index in [4.69, 9.17) is 0 Å². The van der Waals surface area contributed by atoms with Gasteiger partial charge in [-0.2, -0.15) is 4.57 Å². The number of nitrogens with zero attached hydrogens (tertiary/aromatic N) is 2. The van der Waals surface area contributed by atoms with E-state index in [1.165, 1.54) is 0 Å². The van der Waals surface area contributed by atoms with Crippen LogP contribution in [0.15, 0.2) is 94.9 Å². The lowest BCUT2D eigenvalue weighted by Crippen LogP contribution is -2.39. The summed E-state index contributed by atoms with van der Waals surface area (Å²) in [6.45, 7) is -0.179. The van der Waals surface area contributed by atoms with Crippen molar-refractivity contribution in [2.45, 2.75) is 11.4 Å². The Labute approximate surface area is 199 Å². The molecule has 0 atom stereocenters. The molecule has 0 bridgehead atoms. The Morgan fingerprint density at radius 2 is 1.64 bits per heavy atom. The molecule has 0 aliphatic carbocycles. The van der Waals surface area contributed by atoms with Crippen molar-refractivity contribution in [3.8, 4) is 0 Å². The number of fused-ring (bicyclic) bond motifs is 2. The number of carboxylic acid groups (broad SMARTS) is 2. The zero-order valence-corrected chi connectivity index (χ0v) is 19.1. The SMILES string of the molecule is O=C(O)CN1C(=CC=CC=CC=Cc2sc3ccccc3[n+]2CC(=O)O)Sc2ccccc21. The second-order valence-electron chi connectivity index (χ2n) is 7.07. The normalized spacial score (nSPS) is 14.9. The highest BCUT2D eigenvalue weighted by molar-refractivity contribution is 8.03. The molecule has 0 radical (unpaired) electrons. The maximum atomic E-state index is 11.3. The first kappa shape index (κ1) is 22.6. The van der Waals surface area contributed by atoms with Crippen LogP contribution in [0.5, 0.6) is 0 Å². The van der Waals surface area contributed by atoms with Crippen LogP contribution in [0.25, 0.3) is 16.3 Å². The number of benzene rings is 2. The third kappa shape index (κ3) is 5.42. The highest BCUT2D eigenvalue weighted by Crippen LogP contribution is 2.45. The molecule has 0 amide bonds. The first-order chi connectivity index (χ1) is 16.0. The van der Waals surface area contributed by atoms with Gasteiger partial charge in [0, 0.05) is 17.0 Å². The highest BCUT2D eigenvalue weighted by atomic mass is 32.2. The first-order valence-electron chi connectivity index (χ1n) is 10.1. The van der Waals surface area contributed by atoms with Gasteiger partial charge in [-0.05, 0) is 24.3 Å². The van der Waals surface area contributed by atoms with Crippen LogP contribution in [-0.2, 0) is 16.1 Å². The number of para-hydroxylation sites is 2. The van der Waals surface area contributed by atoms with E-state index in [9.17, 15) is 19.8 Å². The summed E-state index contributed by atoms with van der Waals surface area (Å²) in [5.41, 5.74) is 1.81. The van der Waals surface area contributed by atoms with Crippen LogP contribution in [0.1, 0.15) is 5.01 Å². The molecule has 2 N–H and O–H groups in total. The Kier molecular flexibility index (Phi) is 7.07. The number of hydrogen-bond donors (Lipinski definition) is 2. The summed E-state index contributed by atoms with van der Waals surface area (Å²) in [4.78, 5) is 25.4. The lowest BCUT2D eigenvalue weighted by Gasteiger charge is -2.17. The largest absolute Gasteiger partial charge is 0.480 e. The van der Waals surface area contributed by atoms with Crippen molar-refractivity contribution < 1.29 is 24.4 Å². The summed E-state index contributed by atoms with van der Waals surface area (Å²) in [6.07, 6.45) is 13.2. The molecular formula is C25H21N2O4S2+. The van der Waals surface area contributed by atoms with Gasteiger partial charge in [0.2, 0.25) is 12.1 Å². The molecule has 0 saturated carbocycles. The predicted octanol–water partition coefficient (Wildman–Crippen LogP) is 4.94. The monoisotopic (exact) mass is 477 g/mol. The fourth-order valence-corrected chi connectivity index (χ4v) is 5.57. The Hall–Kier alpha value is -3.62. The van der Waals surface area contributed by atoms with Crippen molar-refractivity contribution >= 4 is 57.0 Å². The third-order valence-electron chi connectivity index (χ3n) is 4.78. The van der Waals surface area contributed by atoms with E-state index in [-0.39, 0.29) is 13.1 Å². The molecule has 8 heteroatoms. The van der Waals surface area contributed by atoms with Crippen LogP contribution < -0.4 is 9.47 Å². The molecule has 3 aromatic rings. The van der Waals surface area contributed by atoms with E-state index < -0.39 is 11.9 Å². The van der Waals surface area contributed by atoms with Crippen molar-refractivity contribution in [2.24, 2.45) is 0 Å². The molecule has 0 saturated heterocycles. The molecule has 1 aliphatic rings. The molecular weight excluding hydrogens is 456 g/mol. The summed E-state index contributed by atoms with van der Waals surface area (Å²) < 4.78 is 2.83. The lowest BCUT2D eigenvalue weighted by atomic mass is 10.3. The smallest absolute Gasteiger partial charge is 0.370 e. The minimum atomic E-state index is -0.881. The summed E-state index contributed by atoms with van der Waals surface area (Å²) in [7, 11) is 0. The zero-order valence-electron chi connectivity index (χ0n) is 17.5. The topological polar surface area (TPSA) is 81.7 Å². The fourth-order valence-electron chi connectivity index (χ4n) is 3.42. The molecule has 0 spiro atoms. The summed E-state index contributed by atoms with van der Waals surface area (Å²) in [5, 5.41) is 20.2. The van der Waals surface area contributed by atoms with Crippen LogP contribution >= 0.6 is 23.1 Å². The van der Waals surface area contributed by atoms with Gasteiger partial charge in [-0.1, -0.05) is 77.7 Å². The minimum Gasteiger partial charge on any atom is -0.480 e. The second kappa shape index (κ2) is 10.3. The van der Waals surface area contributed by atoms with Gasteiger partial charge in [-0.15, -0.1) is 0 Å². The van der Waals surface area contributed by atoms with Gasteiger partial charge in [0.25, 0.3) is 5.01 Å². The van der Waals surface area contributed by atoms with Crippen LogP contribution in [0.2, 0.25) is 0 Å². The van der Waals surface area contributed by atoms with Crippen molar-refractivity contribution in [3.05, 3.63) is 95.0 Å². The molecule has 0 unspecified atom stereocenters. The Morgan fingerprint density at radius 3 is 2.45 bits per heavy atom. The Bertz CT molecular complexity index is 1320. The third-order valence-corrected chi connectivity index (χ3v) is 7.04. The number of rotatable bonds is 8. The molecule has 33 heavy (non-hydrogen) atoms. The highest BCUT2D eigenvalue weighted by Gasteiger charge is 2.25. The van der Waals surface area contributed by atoms with Crippen LogP contribution in [0.4, 0.5) is 5.69 Å². The number of thioether (sulfide) groups is 1. The number of hydrogen-bond acceptors (Lipinski definition) is 5. The van der Waals surface area contributed by atoms with Gasteiger partial charge < -0.3 is 15.1 Å². The molecule has 1 aliphatic heterocycles. The molecule has 4 rings (SSSR count). The summed E-state index contributed by atoms with van der Waals surface area (Å²) >= 11 is 3.09. The van der Waals surface area contributed by atoms with Crippen molar-refractivity contribution in [1.29, 1.82) is 0 Å². The number of anilines is 1. The van der Waals surface area contributed by atoms with Crippen LogP contribution in [-0.4, -0.2) is 28.7 Å². The number of aromatic nitrogens is 1. The fraction of sp³-hybridized carbons (Fsp3) is 0.0800. The average Bonchev–Trinajstić information content (AvgIpc) is 3.30. The molecule has 6 nitrogen and oxygen atoms in total. The van der Waals surface area contributed by atoms with Gasteiger partial charge in [0.15, 0.2) is 0 Å². The molecule has 2 heterocycles. The zero-order chi connectivity index (χ0) is 23.2. The maximum absolute atomic E-state index is 11.3. The summed E-state index contributed by atoms with van der Waals surface area (Å²) in [5.74, 6) is -1.76. The maximum Gasteiger partial charge on any atom is 0.370 e. The number of carboxylic acids is 2. The van der Waals surface area contributed by atoms with Gasteiger partial charge in [0.05, 0.1) is 10.7 Å². The van der Waals surface area contributed by atoms with Crippen LogP contribution in [0, 0.1) is 0 Å². The van der Waals surface area contributed by atoms with E-state index in [0.717, 1.165) is 30.8 Å². The number of aliphatic carboxylic acids is 2. The quantitative estimate of drug-likeness (QED) is 0.353. The Morgan fingerprint density at radius 1 is 0.909 bits per heavy atom. The lowest BCUT2D eigenvalue weighted by molar-refractivity contribution is -0.657. The van der Waals surface area contributed by atoms with Gasteiger partial charge in [-0.25, -0.2) is 4.79 Å². The molecule has 1 aromatic heterocycles. The molecule has 2 aromatic carbocycles. The summed E-state index contributed by atoms with van der Waals surface area (Å²) in [6, 6.07) is 15.5. The van der Waals surface area contributed by atoms with Crippen molar-refractivity contribution in [3.63, 3.8) is 0 Å². The predicted molar refractivity (Wildman–Crippen MR) is 132 cm³/mol. The Balaban J connectivity index is 1.45. The average molecular weight is 478 g/mol. The molecule has 166 valence electrons. The molecule has 0 fully saturated rings. The van der Waals surface area contributed by atoms with E-state index >= 15 is 0 Å². The van der Waals surface area contributed by atoms with Crippen LogP contribution in [0.3, 0.4) is 0 Å². The van der Waals surface area contributed by atoms with E-state index in [1.807, 2.05) is 91.1 Å². The van der Waals surface area contributed by atoms with Crippen molar-refractivity contribution in [2.75, 3.05) is 11.4 Å².